The molecule has 1 spiro atoms. The molecule has 2 unspecified atom stereocenters. The van der Waals surface area contributed by atoms with E-state index in [1.165, 1.54) is 0 Å². The second-order valence-electron chi connectivity index (χ2n) is 6.35. The molecule has 1 aromatic carbocycles. The Bertz CT molecular complexity index is 1010. The van der Waals surface area contributed by atoms with Gasteiger partial charge < -0.3 is 19.5 Å². The number of likely N-dealkylation sites (tertiary alicyclic amines) is 1. The van der Waals surface area contributed by atoms with E-state index in [2.05, 4.69) is 0 Å². The lowest BCUT2D eigenvalue weighted by Gasteiger charge is -2.56. The van der Waals surface area contributed by atoms with Gasteiger partial charge in [0.25, 0.3) is 0 Å². The van der Waals surface area contributed by atoms with Crippen LogP contribution in [0.3, 0.4) is 0 Å². The van der Waals surface area contributed by atoms with Crippen LogP contribution in [-0.4, -0.2) is 50.3 Å². The van der Waals surface area contributed by atoms with Gasteiger partial charge in [-0.2, -0.15) is 0 Å². The first-order valence-electron chi connectivity index (χ1n) is 11.8. The summed E-state index contributed by atoms with van der Waals surface area (Å²) in [5.74, 6) is -1.25. The number of rotatable bonds is 2. The van der Waals surface area contributed by atoms with Crippen molar-refractivity contribution in [2.24, 2.45) is 5.92 Å². The Hall–Kier alpha value is -1.52. The fourth-order valence-electron chi connectivity index (χ4n) is 4.52. The highest BCUT2D eigenvalue weighted by Crippen LogP contribution is 2.62. The average molecular weight is 308 g/mol. The first-order valence-corrected chi connectivity index (χ1v) is 7.37. The Morgan fingerprint density at radius 2 is 2.59 bits per heavy atom. The predicted molar refractivity (Wildman–Crippen MR) is 82.5 cm³/mol. The number of aliphatic hydroxyl groups is 1. The van der Waals surface area contributed by atoms with Gasteiger partial charge in [-0.05, 0) is 38.0 Å². The number of aliphatic hydroxyl groups excluding tert-OH is 1. The van der Waals surface area contributed by atoms with E-state index in [1.807, 2.05) is 0 Å². The van der Waals surface area contributed by atoms with Gasteiger partial charge in [0.15, 0.2) is 11.5 Å². The molecule has 0 amide bonds. The Morgan fingerprint density at radius 1 is 1.64 bits per heavy atom. The Balaban J connectivity index is 1.92. The van der Waals surface area contributed by atoms with Crippen molar-refractivity contribution in [1.29, 1.82) is 1.43 Å². The van der Waals surface area contributed by atoms with Crippen LogP contribution in [0.4, 0.5) is 0 Å². The van der Waals surface area contributed by atoms with Crippen molar-refractivity contribution in [2.45, 2.75) is 36.4 Å². The van der Waals surface area contributed by atoms with Crippen LogP contribution in [0.1, 0.15) is 28.5 Å². The van der Waals surface area contributed by atoms with Gasteiger partial charge in [-0.25, -0.2) is 0 Å². The van der Waals surface area contributed by atoms with Crippen LogP contribution >= 0.6 is 0 Å². The van der Waals surface area contributed by atoms with Crippen molar-refractivity contribution in [3.05, 3.63) is 35.4 Å². The molecule has 116 valence electrons. The fourth-order valence-corrected chi connectivity index (χ4v) is 4.52. The minimum absolute atomic E-state index is 0.0941. The van der Waals surface area contributed by atoms with E-state index in [0.29, 0.717) is 13.0 Å². The standard InChI is InChI=1S/C18H21NO3/c1-19-8-7-18-11-4-5-13(20)17(18)22-16-14(21-2)6-3-10(15(16)18)9-12(11)19/h3-6,11-13,17,20H,7-9H2,1-2H3/t11-,12+,13?,17?,18-/m0/s1/i2D3,3D,6D,9D2,12D,20D. The minimum Gasteiger partial charge on any atom is -0.493 e. The number of piperidine rings is 1. The zero-order valence-electron chi connectivity index (χ0n) is 21.0. The molecule has 1 fully saturated rings. The van der Waals surface area contributed by atoms with Crippen molar-refractivity contribution < 1.29 is 25.5 Å². The summed E-state index contributed by atoms with van der Waals surface area (Å²) in [7, 11) is -1.25. The van der Waals surface area contributed by atoms with E-state index in [4.69, 9.17) is 25.6 Å². The summed E-state index contributed by atoms with van der Waals surface area (Å²) >= 11 is 0. The number of ether oxygens (including phenoxy) is 2. The topological polar surface area (TPSA) is 41.9 Å². The molecule has 2 bridgehead atoms. The van der Waals surface area contributed by atoms with Crippen LogP contribution in [-0.2, 0) is 11.8 Å². The zero-order chi connectivity index (χ0) is 22.7. The third-order valence-electron chi connectivity index (χ3n) is 5.47. The summed E-state index contributed by atoms with van der Waals surface area (Å²) in [6.45, 7) is 0.349. The number of hydrogen-bond donors (Lipinski definition) is 1. The number of benzene rings is 1. The van der Waals surface area contributed by atoms with Gasteiger partial charge in [0.05, 0.1) is 13.9 Å². The third kappa shape index (κ3) is 1.28. The molecule has 1 saturated heterocycles. The Kier molecular flexibility index (Phi) is 1.28. The van der Waals surface area contributed by atoms with Gasteiger partial charge in [0.1, 0.15) is 12.2 Å². The molecule has 5 atom stereocenters. The van der Waals surface area contributed by atoms with Gasteiger partial charge in [0, 0.05) is 27.0 Å². The monoisotopic (exact) mass is 308 g/mol. The van der Waals surface area contributed by atoms with Crippen LogP contribution in [0.2, 0.25) is 0 Å². The molecule has 1 N–H and O–H groups in total. The number of methoxy groups -OCH3 is 1. The minimum atomic E-state index is -2.91. The van der Waals surface area contributed by atoms with Crippen molar-refractivity contribution >= 4 is 0 Å². The second kappa shape index (κ2) is 4.06. The summed E-state index contributed by atoms with van der Waals surface area (Å²) in [6, 6.07) is -2.93. The average Bonchev–Trinajstić information content (AvgIpc) is 3.01. The molecule has 1 aromatic rings. The van der Waals surface area contributed by atoms with Gasteiger partial charge in [-0.15, -0.1) is 0 Å². The maximum absolute atomic E-state index is 9.30. The van der Waals surface area contributed by atoms with Crippen LogP contribution in [0.25, 0.3) is 0 Å². The fraction of sp³-hybridized carbons (Fsp3) is 0.556. The summed E-state index contributed by atoms with van der Waals surface area (Å²) in [4.78, 5) is 1.61. The Labute approximate surface area is 143 Å². The number of nitrogens with zero attached hydrogens (tertiary/aromatic N) is 1. The largest absolute Gasteiger partial charge is 0.493 e. The molecular formula is C18H21NO3. The smallest absolute Gasteiger partial charge is 0.211 e. The lowest BCUT2D eigenvalue weighted by Crippen LogP contribution is -2.64. The van der Waals surface area contributed by atoms with Gasteiger partial charge in [0.2, 0.25) is 1.43 Å². The second-order valence-corrected chi connectivity index (χ2v) is 6.35. The normalized spacial score (nSPS) is 53.1. The van der Waals surface area contributed by atoms with E-state index >= 15 is 0 Å². The van der Waals surface area contributed by atoms with E-state index in [0.717, 1.165) is 0 Å². The molecule has 22 heavy (non-hydrogen) atoms. The van der Waals surface area contributed by atoms with Crippen molar-refractivity contribution in [1.82, 2.24) is 4.90 Å². The lowest BCUT2D eigenvalue weighted by molar-refractivity contribution is -0.0453. The summed E-state index contributed by atoms with van der Waals surface area (Å²) < 4.78 is 85.4. The highest BCUT2D eigenvalue weighted by molar-refractivity contribution is 5.62. The first-order chi connectivity index (χ1) is 14.3. The molecule has 0 saturated carbocycles. The van der Waals surface area contributed by atoms with Gasteiger partial charge in [-0.1, -0.05) is 18.2 Å². The van der Waals surface area contributed by atoms with E-state index < -0.39 is 60.8 Å². The van der Waals surface area contributed by atoms with Crippen LogP contribution < -0.4 is 9.47 Å². The van der Waals surface area contributed by atoms with Crippen LogP contribution in [0.15, 0.2) is 24.2 Å². The molecule has 2 aliphatic heterocycles. The lowest BCUT2D eigenvalue weighted by atomic mass is 9.53. The zero-order valence-corrected chi connectivity index (χ0v) is 12.0. The van der Waals surface area contributed by atoms with Gasteiger partial charge in [-0.3, -0.25) is 0 Å². The van der Waals surface area contributed by atoms with Crippen molar-refractivity contribution in [3.63, 3.8) is 0 Å². The Morgan fingerprint density at radius 3 is 3.45 bits per heavy atom. The number of hydrogen-bond acceptors (Lipinski definition) is 4. The van der Waals surface area contributed by atoms with Crippen molar-refractivity contribution in [3.8, 4) is 11.5 Å². The molecular weight excluding hydrogens is 278 g/mol. The van der Waals surface area contributed by atoms with E-state index in [9.17, 15) is 1.37 Å². The molecule has 4 nitrogen and oxygen atoms in total. The van der Waals surface area contributed by atoms with Crippen molar-refractivity contribution in [2.75, 3.05) is 20.6 Å². The summed E-state index contributed by atoms with van der Waals surface area (Å²) in [5, 5.41) is 4.87. The summed E-state index contributed by atoms with van der Waals surface area (Å²) in [6.07, 6.45) is -0.392. The third-order valence-corrected chi connectivity index (χ3v) is 5.47. The molecule has 2 aliphatic carbocycles. The molecule has 5 rings (SSSR count). The molecule has 4 aliphatic rings. The highest BCUT2D eigenvalue weighted by atomic mass is 16.5. The molecule has 4 heteroatoms. The van der Waals surface area contributed by atoms with Crippen LogP contribution in [0, 0.1) is 5.92 Å². The van der Waals surface area contributed by atoms with E-state index in [-0.39, 0.29) is 16.9 Å². The SMILES string of the molecule is [2H]OC1C=C[C@@H]2[C@@]34CCN(C)[C@]2([2H])C([2H])([2H])c2c([2H])c([2H])c(OC([2H])([2H])[2H])c(c23)OC14. The van der Waals surface area contributed by atoms with Gasteiger partial charge >= 0.3 is 0 Å². The molecule has 0 radical (unpaired) electrons. The quantitative estimate of drug-likeness (QED) is 0.841. The van der Waals surface area contributed by atoms with E-state index in [1.54, 1.807) is 24.1 Å². The maximum atomic E-state index is 9.30. The highest BCUT2D eigenvalue weighted by Gasteiger charge is 2.64. The molecule has 0 aromatic heterocycles. The molecule has 2 heterocycles. The predicted octanol–water partition coefficient (Wildman–Crippen LogP) is 1.50. The van der Waals surface area contributed by atoms with Crippen LogP contribution in [0.5, 0.6) is 11.5 Å². The first kappa shape index (κ1) is 6.93. The maximum Gasteiger partial charge on any atom is 0.211 e. The summed E-state index contributed by atoms with van der Waals surface area (Å²) in [5.41, 5.74) is -0.888. The number of likely N-dealkylation sites (N-methyl/N-ethyl adjacent to an activating group) is 1.